The van der Waals surface area contributed by atoms with Gasteiger partial charge < -0.3 is 18.9 Å². The van der Waals surface area contributed by atoms with Crippen molar-refractivity contribution in [3.05, 3.63) is 59.7 Å². The summed E-state index contributed by atoms with van der Waals surface area (Å²) < 4.78 is 21.9. The Labute approximate surface area is 221 Å². The van der Waals surface area contributed by atoms with Crippen molar-refractivity contribution in [2.45, 2.75) is 57.4 Å². The van der Waals surface area contributed by atoms with Crippen molar-refractivity contribution in [3.63, 3.8) is 0 Å². The Balaban J connectivity index is 1.88. The quantitative estimate of drug-likeness (QED) is 0.309. The largest absolute Gasteiger partial charge is 0.493 e. The summed E-state index contributed by atoms with van der Waals surface area (Å²) in [5.41, 5.74) is 1.18. The maximum atomic E-state index is 10.6. The van der Waals surface area contributed by atoms with Crippen molar-refractivity contribution < 1.29 is 18.9 Å². The van der Waals surface area contributed by atoms with Gasteiger partial charge in [-0.1, -0.05) is 32.1 Å². The van der Waals surface area contributed by atoms with Crippen LogP contribution in [0.3, 0.4) is 0 Å². The molecule has 0 amide bonds. The number of aliphatic imine (C=N–C) groups is 1. The molecule has 3 rings (SSSR count). The molecule has 0 saturated heterocycles. The van der Waals surface area contributed by atoms with Gasteiger partial charge in [0.15, 0.2) is 23.0 Å². The summed E-state index contributed by atoms with van der Waals surface area (Å²) in [4.78, 5) is 4.84. The van der Waals surface area contributed by atoms with Crippen LogP contribution in [-0.2, 0) is 11.8 Å². The Morgan fingerprint density at radius 1 is 0.892 bits per heavy atom. The van der Waals surface area contributed by atoms with Crippen LogP contribution in [0, 0.1) is 23.2 Å². The molecule has 0 spiro atoms. The van der Waals surface area contributed by atoms with E-state index in [0.29, 0.717) is 17.9 Å². The highest BCUT2D eigenvalue weighted by Gasteiger charge is 2.40. The second kappa shape index (κ2) is 12.2. The number of allylic oxidation sites excluding steroid dienone is 1. The lowest BCUT2D eigenvalue weighted by Crippen LogP contribution is -2.35. The summed E-state index contributed by atoms with van der Waals surface area (Å²) in [6.07, 6.45) is 9.47. The zero-order chi connectivity index (χ0) is 27.1. The normalized spacial score (nSPS) is 18.8. The maximum Gasteiger partial charge on any atom is 0.161 e. The Bertz CT molecular complexity index is 1150. The molecule has 2 aromatic rings. The molecule has 0 N–H and O–H groups in total. The van der Waals surface area contributed by atoms with Crippen molar-refractivity contribution in [2.75, 3.05) is 28.4 Å². The smallest absolute Gasteiger partial charge is 0.161 e. The lowest BCUT2D eigenvalue weighted by atomic mass is 9.67. The molecule has 6 heteroatoms. The highest BCUT2D eigenvalue weighted by atomic mass is 16.5. The minimum atomic E-state index is -0.663. The van der Waals surface area contributed by atoms with E-state index in [9.17, 15) is 5.26 Å². The van der Waals surface area contributed by atoms with Crippen LogP contribution in [0.2, 0.25) is 0 Å². The van der Waals surface area contributed by atoms with Crippen molar-refractivity contribution in [1.29, 1.82) is 5.26 Å². The summed E-state index contributed by atoms with van der Waals surface area (Å²) >= 11 is 0. The van der Waals surface area contributed by atoms with Crippen LogP contribution in [0.15, 0.2) is 53.5 Å². The first kappa shape index (κ1) is 28.1. The SMILES string of the molecule is COc1ccc(CCC(CCC(C#N)(c2ccc(OC)c(OC)c2)C(C)C)C2(C)C=CC=N2)cc1OC. The molecule has 3 unspecified atom stereocenters. The predicted molar refractivity (Wildman–Crippen MR) is 148 cm³/mol. The zero-order valence-electron chi connectivity index (χ0n) is 23.2. The molecule has 0 fully saturated rings. The molecule has 0 saturated carbocycles. The molecular weight excluding hydrogens is 464 g/mol. The van der Waals surface area contributed by atoms with E-state index in [0.717, 1.165) is 36.3 Å². The summed E-state index contributed by atoms with van der Waals surface area (Å²) in [6, 6.07) is 14.6. The van der Waals surface area contributed by atoms with Gasteiger partial charge in [-0.05, 0) is 85.9 Å². The molecule has 0 bridgehead atoms. The zero-order valence-corrected chi connectivity index (χ0v) is 23.2. The van der Waals surface area contributed by atoms with E-state index in [1.807, 2.05) is 42.6 Å². The lowest BCUT2D eigenvalue weighted by Gasteiger charge is -2.36. The van der Waals surface area contributed by atoms with Gasteiger partial charge in [0.2, 0.25) is 0 Å². The fourth-order valence-electron chi connectivity index (χ4n) is 5.36. The van der Waals surface area contributed by atoms with Gasteiger partial charge in [-0.15, -0.1) is 0 Å². The number of ether oxygens (including phenoxy) is 4. The fourth-order valence-corrected chi connectivity index (χ4v) is 5.36. The third kappa shape index (κ3) is 5.93. The van der Waals surface area contributed by atoms with Crippen molar-refractivity contribution in [3.8, 4) is 29.1 Å². The molecule has 37 heavy (non-hydrogen) atoms. The Kier molecular flexibility index (Phi) is 9.26. The Hall–Kier alpha value is -3.46. The average Bonchev–Trinajstić information content (AvgIpc) is 3.37. The van der Waals surface area contributed by atoms with E-state index in [1.165, 1.54) is 5.56 Å². The number of nitrogens with zero attached hydrogens (tertiary/aromatic N) is 2. The maximum absolute atomic E-state index is 10.6. The van der Waals surface area contributed by atoms with E-state index in [2.05, 4.69) is 39.0 Å². The van der Waals surface area contributed by atoms with Gasteiger partial charge in [-0.2, -0.15) is 5.26 Å². The molecule has 198 valence electrons. The minimum Gasteiger partial charge on any atom is -0.493 e. The molecule has 2 aromatic carbocycles. The molecule has 1 aliphatic heterocycles. The fraction of sp³-hybridized carbons (Fsp3) is 0.484. The van der Waals surface area contributed by atoms with Crippen LogP contribution in [0.4, 0.5) is 0 Å². The predicted octanol–water partition coefficient (Wildman–Crippen LogP) is 6.57. The van der Waals surface area contributed by atoms with Gasteiger partial charge in [-0.3, -0.25) is 4.99 Å². The number of hydrogen-bond donors (Lipinski definition) is 0. The highest BCUT2D eigenvalue weighted by molar-refractivity contribution is 5.75. The van der Waals surface area contributed by atoms with E-state index >= 15 is 0 Å². The van der Waals surface area contributed by atoms with Crippen molar-refractivity contribution in [2.24, 2.45) is 16.8 Å². The standard InChI is InChI=1S/C31H40N2O4/c1-22(2)31(21-32,25-12-14-27(35-5)29(20-25)37-7)17-15-24(30(3)16-8-18-33-30)11-9-23-10-13-26(34-4)28(19-23)36-6/h8,10,12-14,16,18-20,22,24H,9,11,15,17H2,1-7H3. The van der Waals surface area contributed by atoms with Crippen LogP contribution in [-0.4, -0.2) is 40.2 Å². The second-order valence-corrected chi connectivity index (χ2v) is 10.1. The van der Waals surface area contributed by atoms with Crippen LogP contribution in [0.25, 0.3) is 0 Å². The van der Waals surface area contributed by atoms with Gasteiger partial charge >= 0.3 is 0 Å². The molecule has 1 aliphatic rings. The second-order valence-electron chi connectivity index (χ2n) is 10.1. The highest BCUT2D eigenvalue weighted by Crippen LogP contribution is 2.44. The molecule has 0 aliphatic carbocycles. The molecule has 3 atom stereocenters. The number of nitriles is 1. The van der Waals surface area contributed by atoms with Crippen LogP contribution < -0.4 is 18.9 Å². The van der Waals surface area contributed by atoms with Crippen LogP contribution in [0.5, 0.6) is 23.0 Å². The van der Waals surface area contributed by atoms with Gasteiger partial charge in [-0.25, -0.2) is 0 Å². The summed E-state index contributed by atoms with van der Waals surface area (Å²) in [6.45, 7) is 6.42. The van der Waals surface area contributed by atoms with Gasteiger partial charge in [0.1, 0.15) is 0 Å². The first-order valence-electron chi connectivity index (χ1n) is 12.8. The average molecular weight is 505 g/mol. The van der Waals surface area contributed by atoms with E-state index in [1.54, 1.807) is 28.4 Å². The van der Waals surface area contributed by atoms with Gasteiger partial charge in [0.05, 0.1) is 45.5 Å². The van der Waals surface area contributed by atoms with Crippen LogP contribution >= 0.6 is 0 Å². The van der Waals surface area contributed by atoms with E-state index in [4.69, 9.17) is 23.9 Å². The van der Waals surface area contributed by atoms with Crippen molar-refractivity contribution >= 4 is 6.21 Å². The van der Waals surface area contributed by atoms with E-state index in [-0.39, 0.29) is 17.4 Å². The monoisotopic (exact) mass is 504 g/mol. The van der Waals surface area contributed by atoms with Crippen molar-refractivity contribution in [1.82, 2.24) is 0 Å². The van der Waals surface area contributed by atoms with Gasteiger partial charge in [0.25, 0.3) is 0 Å². The molecular formula is C31H40N2O4. The Morgan fingerprint density at radius 2 is 1.51 bits per heavy atom. The lowest BCUT2D eigenvalue weighted by molar-refractivity contribution is 0.266. The topological polar surface area (TPSA) is 73.1 Å². The summed E-state index contributed by atoms with van der Waals surface area (Å²) in [5, 5.41) is 10.6. The number of rotatable bonds is 13. The molecule has 6 nitrogen and oxygen atoms in total. The van der Waals surface area contributed by atoms with Crippen LogP contribution in [0.1, 0.15) is 51.2 Å². The van der Waals surface area contributed by atoms with Gasteiger partial charge in [0, 0.05) is 6.21 Å². The number of benzene rings is 2. The first-order valence-corrected chi connectivity index (χ1v) is 12.8. The number of aryl methyl sites for hydroxylation is 1. The first-order chi connectivity index (χ1) is 17.8. The third-order valence-corrected chi connectivity index (χ3v) is 7.90. The Morgan fingerprint density at radius 3 is 2.05 bits per heavy atom. The third-order valence-electron chi connectivity index (χ3n) is 7.90. The molecule has 0 aromatic heterocycles. The molecule has 0 radical (unpaired) electrons. The number of methoxy groups -OCH3 is 4. The number of hydrogen-bond acceptors (Lipinski definition) is 6. The van der Waals surface area contributed by atoms with E-state index < -0.39 is 5.41 Å². The summed E-state index contributed by atoms with van der Waals surface area (Å²) in [7, 11) is 6.55. The molecule has 1 heterocycles. The summed E-state index contributed by atoms with van der Waals surface area (Å²) in [5.74, 6) is 3.12. The minimum absolute atomic E-state index is 0.109.